The molecular weight excluding hydrogens is 218 g/mol. The van der Waals surface area contributed by atoms with Gasteiger partial charge in [0.05, 0.1) is 0 Å². The first-order valence-electron chi connectivity index (χ1n) is 7.44. The fourth-order valence-electron chi connectivity index (χ4n) is 3.34. The molecule has 1 heteroatoms. The molecule has 1 aliphatic rings. The normalized spacial score (nSPS) is 24.2. The molecule has 1 aromatic carbocycles. The zero-order chi connectivity index (χ0) is 13.0. The maximum Gasteiger partial charge on any atom is 0.00924 e. The summed E-state index contributed by atoms with van der Waals surface area (Å²) in [5.41, 5.74) is 4.40. The average Bonchev–Trinajstić information content (AvgIpc) is 2.40. The summed E-state index contributed by atoms with van der Waals surface area (Å²) in [6.07, 6.45) is 8.21. The fraction of sp³-hybridized carbons (Fsp3) is 0.647. The van der Waals surface area contributed by atoms with Crippen molar-refractivity contribution in [1.29, 1.82) is 0 Å². The van der Waals surface area contributed by atoms with Crippen molar-refractivity contribution in [2.45, 2.75) is 58.4 Å². The largest absolute Gasteiger partial charge is 0.317 e. The van der Waals surface area contributed by atoms with Gasteiger partial charge < -0.3 is 5.32 Å². The Morgan fingerprint density at radius 2 is 1.94 bits per heavy atom. The van der Waals surface area contributed by atoms with Crippen molar-refractivity contribution >= 4 is 0 Å². The lowest BCUT2D eigenvalue weighted by atomic mass is 9.81. The quantitative estimate of drug-likeness (QED) is 0.845. The van der Waals surface area contributed by atoms with Crippen LogP contribution in [0, 0.1) is 19.8 Å². The van der Waals surface area contributed by atoms with Crippen LogP contribution in [-0.4, -0.2) is 13.1 Å². The van der Waals surface area contributed by atoms with Crippen LogP contribution in [0.1, 0.15) is 48.8 Å². The van der Waals surface area contributed by atoms with Gasteiger partial charge in [-0.3, -0.25) is 0 Å². The van der Waals surface area contributed by atoms with E-state index in [9.17, 15) is 0 Å². The Hall–Kier alpha value is -0.820. The molecule has 18 heavy (non-hydrogen) atoms. The highest BCUT2D eigenvalue weighted by atomic mass is 14.9. The fourth-order valence-corrected chi connectivity index (χ4v) is 3.34. The van der Waals surface area contributed by atoms with Gasteiger partial charge in [0.2, 0.25) is 0 Å². The Balaban J connectivity index is 1.95. The number of hydrogen-bond acceptors (Lipinski definition) is 1. The molecule has 1 N–H and O–H groups in total. The second-order valence-corrected chi connectivity index (χ2v) is 5.91. The van der Waals surface area contributed by atoms with E-state index in [1.54, 1.807) is 5.56 Å². The number of aryl methyl sites for hydroxylation is 3. The van der Waals surface area contributed by atoms with Gasteiger partial charge in [0.25, 0.3) is 0 Å². The summed E-state index contributed by atoms with van der Waals surface area (Å²) < 4.78 is 0. The molecule has 0 saturated heterocycles. The second-order valence-electron chi connectivity index (χ2n) is 5.91. The van der Waals surface area contributed by atoms with Crippen LogP contribution in [0.3, 0.4) is 0 Å². The van der Waals surface area contributed by atoms with Crippen LogP contribution in [0.4, 0.5) is 0 Å². The van der Waals surface area contributed by atoms with Gasteiger partial charge in [-0.25, -0.2) is 0 Å². The molecule has 1 nitrogen and oxygen atoms in total. The maximum atomic E-state index is 3.52. The Bertz CT molecular complexity index is 383. The van der Waals surface area contributed by atoms with Crippen molar-refractivity contribution in [2.75, 3.05) is 7.05 Å². The first kappa shape index (κ1) is 13.6. The molecule has 0 aromatic heterocycles. The standard InChI is InChI=1S/C17H27N/c1-13-8-9-14(2)16(12-13)11-10-15-6-4-5-7-17(15)18-3/h8-9,12,15,17-18H,4-7,10-11H2,1-3H3. The van der Waals surface area contributed by atoms with Crippen LogP contribution in [0.15, 0.2) is 18.2 Å². The minimum atomic E-state index is 0.754. The predicted molar refractivity (Wildman–Crippen MR) is 79.0 cm³/mol. The Morgan fingerprint density at radius 3 is 2.72 bits per heavy atom. The van der Waals surface area contributed by atoms with Crippen LogP contribution in [-0.2, 0) is 6.42 Å². The van der Waals surface area contributed by atoms with Gasteiger partial charge in [0, 0.05) is 6.04 Å². The summed E-state index contributed by atoms with van der Waals surface area (Å²) in [4.78, 5) is 0. The summed E-state index contributed by atoms with van der Waals surface area (Å²) in [6, 6.07) is 7.60. The van der Waals surface area contributed by atoms with E-state index in [1.807, 2.05) is 0 Å². The topological polar surface area (TPSA) is 12.0 Å². The molecule has 1 aromatic rings. The first-order valence-corrected chi connectivity index (χ1v) is 7.44. The highest BCUT2D eigenvalue weighted by Gasteiger charge is 2.23. The SMILES string of the molecule is CNC1CCCCC1CCc1cc(C)ccc1C. The van der Waals surface area contributed by atoms with Crippen molar-refractivity contribution in [3.05, 3.63) is 34.9 Å². The third kappa shape index (κ3) is 3.35. The molecule has 0 amide bonds. The van der Waals surface area contributed by atoms with Crippen molar-refractivity contribution < 1.29 is 0 Å². The highest BCUT2D eigenvalue weighted by Crippen LogP contribution is 2.28. The van der Waals surface area contributed by atoms with Crippen molar-refractivity contribution in [3.63, 3.8) is 0 Å². The van der Waals surface area contributed by atoms with Gasteiger partial charge in [-0.2, -0.15) is 0 Å². The summed E-state index contributed by atoms with van der Waals surface area (Å²) in [7, 11) is 2.13. The summed E-state index contributed by atoms with van der Waals surface area (Å²) in [6.45, 7) is 4.44. The van der Waals surface area contributed by atoms with Gasteiger partial charge in [-0.05, 0) is 63.6 Å². The van der Waals surface area contributed by atoms with E-state index in [0.717, 1.165) is 12.0 Å². The van der Waals surface area contributed by atoms with Crippen LogP contribution < -0.4 is 5.32 Å². The minimum absolute atomic E-state index is 0.754. The zero-order valence-corrected chi connectivity index (χ0v) is 12.1. The molecule has 1 saturated carbocycles. The van der Waals surface area contributed by atoms with Crippen LogP contribution in [0.5, 0.6) is 0 Å². The molecule has 2 unspecified atom stereocenters. The van der Waals surface area contributed by atoms with E-state index in [-0.39, 0.29) is 0 Å². The number of rotatable bonds is 4. The van der Waals surface area contributed by atoms with E-state index in [2.05, 4.69) is 44.4 Å². The summed E-state index contributed by atoms with van der Waals surface area (Å²) in [5.74, 6) is 0.878. The number of nitrogens with one attached hydrogen (secondary N) is 1. The van der Waals surface area contributed by atoms with Gasteiger partial charge in [0.15, 0.2) is 0 Å². The van der Waals surface area contributed by atoms with E-state index >= 15 is 0 Å². The first-order chi connectivity index (χ1) is 8.70. The van der Waals surface area contributed by atoms with Crippen molar-refractivity contribution in [2.24, 2.45) is 5.92 Å². The van der Waals surface area contributed by atoms with Crippen molar-refractivity contribution in [1.82, 2.24) is 5.32 Å². The van der Waals surface area contributed by atoms with Gasteiger partial charge in [-0.1, -0.05) is 36.6 Å². The zero-order valence-electron chi connectivity index (χ0n) is 12.1. The van der Waals surface area contributed by atoms with E-state index in [0.29, 0.717) is 0 Å². The molecular formula is C17H27N. The lowest BCUT2D eigenvalue weighted by Gasteiger charge is -2.31. The molecule has 0 heterocycles. The smallest absolute Gasteiger partial charge is 0.00924 e. The lowest BCUT2D eigenvalue weighted by molar-refractivity contribution is 0.260. The molecule has 2 atom stereocenters. The number of benzene rings is 1. The van der Waals surface area contributed by atoms with Crippen LogP contribution in [0.25, 0.3) is 0 Å². The lowest BCUT2D eigenvalue weighted by Crippen LogP contribution is -2.36. The Morgan fingerprint density at radius 1 is 1.17 bits per heavy atom. The Labute approximate surface area is 112 Å². The van der Waals surface area contributed by atoms with Gasteiger partial charge in [-0.15, -0.1) is 0 Å². The third-order valence-corrected chi connectivity index (χ3v) is 4.57. The minimum Gasteiger partial charge on any atom is -0.317 e. The molecule has 2 rings (SSSR count). The monoisotopic (exact) mass is 245 g/mol. The van der Waals surface area contributed by atoms with Crippen molar-refractivity contribution in [3.8, 4) is 0 Å². The molecule has 1 fully saturated rings. The summed E-state index contributed by atoms with van der Waals surface area (Å²) in [5, 5.41) is 3.52. The van der Waals surface area contributed by atoms with E-state index in [4.69, 9.17) is 0 Å². The van der Waals surface area contributed by atoms with Gasteiger partial charge >= 0.3 is 0 Å². The number of hydrogen-bond donors (Lipinski definition) is 1. The highest BCUT2D eigenvalue weighted by molar-refractivity contribution is 5.30. The summed E-state index contributed by atoms with van der Waals surface area (Å²) >= 11 is 0. The third-order valence-electron chi connectivity index (χ3n) is 4.57. The Kier molecular flexibility index (Phi) is 4.82. The average molecular weight is 245 g/mol. The maximum absolute atomic E-state index is 3.52. The van der Waals surface area contributed by atoms with E-state index < -0.39 is 0 Å². The molecule has 0 spiro atoms. The predicted octanol–water partition coefficient (Wildman–Crippen LogP) is 4.01. The second kappa shape index (κ2) is 6.38. The molecule has 0 radical (unpaired) electrons. The molecule has 100 valence electrons. The van der Waals surface area contributed by atoms with Crippen LogP contribution >= 0.6 is 0 Å². The molecule has 0 bridgehead atoms. The van der Waals surface area contributed by atoms with E-state index in [1.165, 1.54) is 49.7 Å². The van der Waals surface area contributed by atoms with Crippen LogP contribution in [0.2, 0.25) is 0 Å². The molecule has 0 aliphatic heterocycles. The molecule has 1 aliphatic carbocycles. The van der Waals surface area contributed by atoms with Gasteiger partial charge in [0.1, 0.15) is 0 Å².